The third-order valence-corrected chi connectivity index (χ3v) is 2.79. The molecule has 0 radical (unpaired) electrons. The summed E-state index contributed by atoms with van der Waals surface area (Å²) in [5.74, 6) is 0. The van der Waals surface area contributed by atoms with Crippen LogP contribution >= 0.6 is 0 Å². The maximum Gasteiger partial charge on any atom is 0.253 e. The average molecular weight is 192 g/mol. The molecule has 3 nitrogen and oxygen atoms in total. The summed E-state index contributed by atoms with van der Waals surface area (Å²) in [6.07, 6.45) is 4.28. The fourth-order valence-corrected chi connectivity index (χ4v) is 1.95. The van der Waals surface area contributed by atoms with Crippen LogP contribution in [0.25, 0.3) is 0 Å². The number of aryl methyl sites for hydroxylation is 1. The van der Waals surface area contributed by atoms with Gasteiger partial charge in [0.05, 0.1) is 0 Å². The Morgan fingerprint density at radius 1 is 1.64 bits per heavy atom. The number of hydrogen-bond donors (Lipinski definition) is 1. The fourth-order valence-electron chi connectivity index (χ4n) is 1.95. The van der Waals surface area contributed by atoms with E-state index >= 15 is 0 Å². The van der Waals surface area contributed by atoms with Crippen LogP contribution in [0.4, 0.5) is 0 Å². The molecule has 3 heteroatoms. The molecular formula is C11H16N2O. The van der Waals surface area contributed by atoms with Gasteiger partial charge in [0.1, 0.15) is 0 Å². The molecule has 2 rings (SSSR count). The summed E-state index contributed by atoms with van der Waals surface area (Å²) in [7, 11) is 0. The zero-order chi connectivity index (χ0) is 9.97. The molecular weight excluding hydrogens is 176 g/mol. The fraction of sp³-hybridized carbons (Fsp3) is 0.545. The van der Waals surface area contributed by atoms with E-state index in [2.05, 4.69) is 5.32 Å². The van der Waals surface area contributed by atoms with E-state index in [0.29, 0.717) is 6.04 Å². The predicted octanol–water partition coefficient (Wildman–Crippen LogP) is 0.909. The average Bonchev–Trinajstić information content (AvgIpc) is 2.66. The second kappa shape index (κ2) is 3.96. The minimum absolute atomic E-state index is 0.140. The lowest BCUT2D eigenvalue weighted by Gasteiger charge is -2.12. The van der Waals surface area contributed by atoms with Crippen LogP contribution < -0.4 is 10.9 Å². The van der Waals surface area contributed by atoms with Crippen molar-refractivity contribution < 1.29 is 0 Å². The van der Waals surface area contributed by atoms with Crippen LogP contribution in [0.3, 0.4) is 0 Å². The minimum atomic E-state index is 0.140. The number of nitrogens with zero attached hydrogens (tertiary/aromatic N) is 1. The van der Waals surface area contributed by atoms with E-state index in [1.54, 1.807) is 4.57 Å². The van der Waals surface area contributed by atoms with Gasteiger partial charge in [-0.1, -0.05) is 6.07 Å². The Morgan fingerprint density at radius 2 is 2.50 bits per heavy atom. The Morgan fingerprint density at radius 3 is 3.21 bits per heavy atom. The molecule has 1 atom stereocenters. The molecule has 1 aliphatic rings. The first kappa shape index (κ1) is 9.46. The van der Waals surface area contributed by atoms with E-state index in [1.807, 2.05) is 25.3 Å². The number of rotatable bonds is 2. The topological polar surface area (TPSA) is 34.0 Å². The molecule has 2 heterocycles. The molecule has 0 amide bonds. The van der Waals surface area contributed by atoms with Gasteiger partial charge >= 0.3 is 0 Å². The van der Waals surface area contributed by atoms with Crippen LogP contribution in [-0.4, -0.2) is 17.2 Å². The van der Waals surface area contributed by atoms with Gasteiger partial charge < -0.3 is 9.88 Å². The molecule has 0 saturated carbocycles. The van der Waals surface area contributed by atoms with E-state index < -0.39 is 0 Å². The van der Waals surface area contributed by atoms with Crippen molar-refractivity contribution in [1.82, 2.24) is 9.88 Å². The smallest absolute Gasteiger partial charge is 0.253 e. The van der Waals surface area contributed by atoms with Gasteiger partial charge in [0, 0.05) is 24.3 Å². The standard InChI is InChI=1S/C11H16N2O/c1-9-4-3-7-13(11(9)14)8-10-5-2-6-12-10/h3-4,7,10,12H,2,5-6,8H2,1H3/t10-/m1/s1. The lowest BCUT2D eigenvalue weighted by Crippen LogP contribution is -2.32. The van der Waals surface area contributed by atoms with Crippen molar-refractivity contribution in [3.63, 3.8) is 0 Å². The maximum atomic E-state index is 11.7. The molecule has 0 aliphatic carbocycles. The quantitative estimate of drug-likeness (QED) is 0.755. The van der Waals surface area contributed by atoms with Gasteiger partial charge in [-0.2, -0.15) is 0 Å². The van der Waals surface area contributed by atoms with Gasteiger partial charge in [-0.3, -0.25) is 4.79 Å². The molecule has 0 bridgehead atoms. The van der Waals surface area contributed by atoms with E-state index in [-0.39, 0.29) is 5.56 Å². The van der Waals surface area contributed by atoms with Crippen LogP contribution in [0, 0.1) is 6.92 Å². The van der Waals surface area contributed by atoms with E-state index in [0.717, 1.165) is 18.7 Å². The third kappa shape index (κ3) is 1.87. The van der Waals surface area contributed by atoms with E-state index in [1.165, 1.54) is 12.8 Å². The molecule has 1 fully saturated rings. The lowest BCUT2D eigenvalue weighted by molar-refractivity contribution is 0.498. The number of pyridine rings is 1. The summed E-state index contributed by atoms with van der Waals surface area (Å²) in [4.78, 5) is 11.7. The molecule has 76 valence electrons. The van der Waals surface area contributed by atoms with Gasteiger partial charge in [-0.25, -0.2) is 0 Å². The van der Waals surface area contributed by atoms with Crippen molar-refractivity contribution in [2.24, 2.45) is 0 Å². The van der Waals surface area contributed by atoms with Crippen molar-refractivity contribution in [1.29, 1.82) is 0 Å². The van der Waals surface area contributed by atoms with Gasteiger partial charge in [-0.05, 0) is 32.4 Å². The van der Waals surface area contributed by atoms with Crippen molar-refractivity contribution in [2.45, 2.75) is 32.4 Å². The Hall–Kier alpha value is -1.09. The largest absolute Gasteiger partial charge is 0.314 e. The van der Waals surface area contributed by atoms with Gasteiger partial charge in [-0.15, -0.1) is 0 Å². The highest BCUT2D eigenvalue weighted by atomic mass is 16.1. The predicted molar refractivity (Wildman–Crippen MR) is 56.5 cm³/mol. The molecule has 0 unspecified atom stereocenters. The van der Waals surface area contributed by atoms with E-state index in [9.17, 15) is 4.79 Å². The molecule has 1 aromatic heterocycles. The molecule has 1 aromatic rings. The summed E-state index contributed by atoms with van der Waals surface area (Å²) < 4.78 is 1.80. The molecule has 14 heavy (non-hydrogen) atoms. The highest BCUT2D eigenvalue weighted by Crippen LogP contribution is 2.06. The lowest BCUT2D eigenvalue weighted by atomic mass is 10.2. The highest BCUT2D eigenvalue weighted by molar-refractivity contribution is 5.07. The number of hydrogen-bond acceptors (Lipinski definition) is 2. The van der Waals surface area contributed by atoms with Crippen LogP contribution in [0.1, 0.15) is 18.4 Å². The minimum Gasteiger partial charge on any atom is -0.314 e. The zero-order valence-electron chi connectivity index (χ0n) is 8.49. The monoisotopic (exact) mass is 192 g/mol. The zero-order valence-corrected chi connectivity index (χ0v) is 8.49. The first-order valence-corrected chi connectivity index (χ1v) is 5.17. The second-order valence-electron chi connectivity index (χ2n) is 3.94. The molecule has 0 aromatic carbocycles. The van der Waals surface area contributed by atoms with Crippen molar-refractivity contribution in [2.75, 3.05) is 6.54 Å². The van der Waals surface area contributed by atoms with Crippen LogP contribution in [0.15, 0.2) is 23.1 Å². The SMILES string of the molecule is Cc1cccn(C[C@H]2CCCN2)c1=O. The number of aromatic nitrogens is 1. The first-order valence-electron chi connectivity index (χ1n) is 5.17. The van der Waals surface area contributed by atoms with Crippen molar-refractivity contribution in [3.05, 3.63) is 34.2 Å². The molecule has 1 aliphatic heterocycles. The van der Waals surface area contributed by atoms with Crippen LogP contribution in [0.2, 0.25) is 0 Å². The molecule has 1 saturated heterocycles. The molecule has 1 N–H and O–H groups in total. The van der Waals surface area contributed by atoms with Gasteiger partial charge in [0.25, 0.3) is 5.56 Å². The highest BCUT2D eigenvalue weighted by Gasteiger charge is 2.14. The van der Waals surface area contributed by atoms with E-state index in [4.69, 9.17) is 0 Å². The summed E-state index contributed by atoms with van der Waals surface area (Å²) in [6, 6.07) is 4.28. The Bertz CT molecular complexity index is 364. The second-order valence-corrected chi connectivity index (χ2v) is 3.94. The Kier molecular flexibility index (Phi) is 2.68. The Labute approximate surface area is 83.8 Å². The maximum absolute atomic E-state index is 11.7. The van der Waals surface area contributed by atoms with Gasteiger partial charge in [0.2, 0.25) is 0 Å². The summed E-state index contributed by atoms with van der Waals surface area (Å²) in [5, 5.41) is 3.39. The summed E-state index contributed by atoms with van der Waals surface area (Å²) in [5.41, 5.74) is 0.965. The summed E-state index contributed by atoms with van der Waals surface area (Å²) in [6.45, 7) is 3.76. The Balaban J connectivity index is 2.16. The van der Waals surface area contributed by atoms with Crippen LogP contribution in [0.5, 0.6) is 0 Å². The van der Waals surface area contributed by atoms with Crippen molar-refractivity contribution >= 4 is 0 Å². The van der Waals surface area contributed by atoms with Gasteiger partial charge in [0.15, 0.2) is 0 Å². The van der Waals surface area contributed by atoms with Crippen molar-refractivity contribution in [3.8, 4) is 0 Å². The normalized spacial score (nSPS) is 21.4. The first-order chi connectivity index (χ1) is 6.77. The third-order valence-electron chi connectivity index (χ3n) is 2.79. The molecule has 0 spiro atoms. The van der Waals surface area contributed by atoms with Crippen LogP contribution in [-0.2, 0) is 6.54 Å². The summed E-state index contributed by atoms with van der Waals surface area (Å²) >= 11 is 0. The number of nitrogens with one attached hydrogen (secondary N) is 1.